The highest BCUT2D eigenvalue weighted by Crippen LogP contribution is 2.23. The summed E-state index contributed by atoms with van der Waals surface area (Å²) in [6, 6.07) is 15.1. The maximum absolute atomic E-state index is 12.8. The van der Waals surface area contributed by atoms with Crippen LogP contribution in [0.5, 0.6) is 11.5 Å². The monoisotopic (exact) mass is 397 g/mol. The highest BCUT2D eigenvalue weighted by atomic mass is 16.5. The van der Waals surface area contributed by atoms with Crippen molar-refractivity contribution in [2.24, 2.45) is 0 Å². The molecule has 0 spiro atoms. The van der Waals surface area contributed by atoms with Gasteiger partial charge in [-0.05, 0) is 36.4 Å². The van der Waals surface area contributed by atoms with Gasteiger partial charge in [0.05, 0.1) is 14.2 Å². The van der Waals surface area contributed by atoms with Crippen LogP contribution in [0.2, 0.25) is 0 Å². The van der Waals surface area contributed by atoms with Crippen LogP contribution in [-0.2, 0) is 9.59 Å². The first-order valence-electron chi connectivity index (χ1n) is 9.60. The first-order chi connectivity index (χ1) is 14.0. The molecule has 0 N–H and O–H groups in total. The first-order valence-corrected chi connectivity index (χ1v) is 9.60. The summed E-state index contributed by atoms with van der Waals surface area (Å²) in [6.07, 6.45) is 0. The molecule has 2 aromatic rings. The van der Waals surface area contributed by atoms with Gasteiger partial charge in [-0.1, -0.05) is 6.07 Å². The Bertz CT molecular complexity index is 845. The Morgan fingerprint density at radius 2 is 1.59 bits per heavy atom. The second-order valence-electron chi connectivity index (χ2n) is 6.87. The molecule has 0 unspecified atom stereocenters. The predicted molar refractivity (Wildman–Crippen MR) is 113 cm³/mol. The van der Waals surface area contributed by atoms with Crippen LogP contribution in [-0.4, -0.2) is 63.7 Å². The van der Waals surface area contributed by atoms with E-state index in [0.29, 0.717) is 24.5 Å². The molecule has 1 fully saturated rings. The average Bonchev–Trinajstić information content (AvgIpc) is 2.77. The molecule has 0 radical (unpaired) electrons. The van der Waals surface area contributed by atoms with Gasteiger partial charge in [0.2, 0.25) is 11.8 Å². The molecule has 0 aromatic heterocycles. The second-order valence-corrected chi connectivity index (χ2v) is 6.87. The fraction of sp³-hybridized carbons (Fsp3) is 0.364. The number of methoxy groups -OCH3 is 2. The molecule has 3 rings (SSSR count). The Morgan fingerprint density at radius 1 is 0.931 bits per heavy atom. The third kappa shape index (κ3) is 4.99. The zero-order valence-corrected chi connectivity index (χ0v) is 17.1. The summed E-state index contributed by atoms with van der Waals surface area (Å²) in [5.74, 6) is 1.24. The van der Waals surface area contributed by atoms with E-state index in [1.807, 2.05) is 41.3 Å². The van der Waals surface area contributed by atoms with E-state index in [4.69, 9.17) is 9.47 Å². The predicted octanol–water partition coefficient (Wildman–Crippen LogP) is 2.41. The van der Waals surface area contributed by atoms with E-state index >= 15 is 0 Å². The SMILES string of the molecule is COc1ccc(N2CCN(C(=O)CN(C(C)=O)c3cccc(OC)c3)CC2)cc1. The fourth-order valence-corrected chi connectivity index (χ4v) is 3.41. The molecule has 0 aliphatic carbocycles. The van der Waals surface area contributed by atoms with Crippen molar-refractivity contribution < 1.29 is 19.1 Å². The molecule has 1 aliphatic heterocycles. The molecule has 154 valence electrons. The van der Waals surface area contributed by atoms with Crippen LogP contribution in [0.3, 0.4) is 0 Å². The zero-order valence-electron chi connectivity index (χ0n) is 17.1. The lowest BCUT2D eigenvalue weighted by molar-refractivity contribution is -0.131. The van der Waals surface area contributed by atoms with E-state index in [1.165, 1.54) is 11.8 Å². The Balaban J connectivity index is 1.60. The van der Waals surface area contributed by atoms with Gasteiger partial charge in [-0.3, -0.25) is 9.59 Å². The van der Waals surface area contributed by atoms with Crippen LogP contribution < -0.4 is 19.3 Å². The summed E-state index contributed by atoms with van der Waals surface area (Å²) in [5.41, 5.74) is 1.77. The number of amides is 2. The summed E-state index contributed by atoms with van der Waals surface area (Å²) in [5, 5.41) is 0. The van der Waals surface area contributed by atoms with Gasteiger partial charge < -0.3 is 24.2 Å². The van der Waals surface area contributed by atoms with E-state index in [1.54, 1.807) is 26.4 Å². The third-order valence-corrected chi connectivity index (χ3v) is 5.11. The van der Waals surface area contributed by atoms with Crippen molar-refractivity contribution in [2.75, 3.05) is 56.7 Å². The number of nitrogens with zero attached hydrogens (tertiary/aromatic N) is 3. The minimum Gasteiger partial charge on any atom is -0.497 e. The van der Waals surface area contributed by atoms with Crippen molar-refractivity contribution in [1.82, 2.24) is 4.90 Å². The van der Waals surface area contributed by atoms with Gasteiger partial charge in [-0.15, -0.1) is 0 Å². The first kappa shape index (κ1) is 20.5. The molecule has 29 heavy (non-hydrogen) atoms. The average molecular weight is 397 g/mol. The molecule has 7 heteroatoms. The quantitative estimate of drug-likeness (QED) is 0.749. The number of carbonyl (C=O) groups is 2. The number of piperazine rings is 1. The van der Waals surface area contributed by atoms with E-state index in [0.717, 1.165) is 24.5 Å². The maximum Gasteiger partial charge on any atom is 0.242 e. The Labute approximate surface area is 171 Å². The molecular formula is C22H27N3O4. The van der Waals surface area contributed by atoms with Gasteiger partial charge in [-0.25, -0.2) is 0 Å². The van der Waals surface area contributed by atoms with Crippen molar-refractivity contribution in [3.05, 3.63) is 48.5 Å². The van der Waals surface area contributed by atoms with Gasteiger partial charge in [0.1, 0.15) is 18.0 Å². The summed E-state index contributed by atoms with van der Waals surface area (Å²) in [4.78, 5) is 30.5. The van der Waals surface area contributed by atoms with Crippen molar-refractivity contribution in [1.29, 1.82) is 0 Å². The molecule has 2 amide bonds. The van der Waals surface area contributed by atoms with Crippen molar-refractivity contribution in [2.45, 2.75) is 6.92 Å². The molecule has 1 saturated heterocycles. The second kappa shape index (κ2) is 9.32. The van der Waals surface area contributed by atoms with Crippen LogP contribution in [0.15, 0.2) is 48.5 Å². The van der Waals surface area contributed by atoms with Crippen molar-refractivity contribution >= 4 is 23.2 Å². The minimum absolute atomic E-state index is 0.0189. The van der Waals surface area contributed by atoms with Crippen LogP contribution in [0.4, 0.5) is 11.4 Å². The minimum atomic E-state index is -0.177. The number of anilines is 2. The molecule has 2 aromatic carbocycles. The molecular weight excluding hydrogens is 370 g/mol. The standard InChI is InChI=1S/C22H27N3O4/c1-17(26)25(19-5-4-6-21(15-19)29-3)16-22(27)24-13-11-23(12-14-24)18-7-9-20(28-2)10-8-18/h4-10,15H,11-14,16H2,1-3H3. The number of carbonyl (C=O) groups excluding carboxylic acids is 2. The Morgan fingerprint density at radius 3 is 2.17 bits per heavy atom. The highest BCUT2D eigenvalue weighted by molar-refractivity contribution is 5.97. The van der Waals surface area contributed by atoms with Crippen LogP contribution >= 0.6 is 0 Å². The lowest BCUT2D eigenvalue weighted by Crippen LogP contribution is -2.51. The fourth-order valence-electron chi connectivity index (χ4n) is 3.41. The number of benzene rings is 2. The molecule has 7 nitrogen and oxygen atoms in total. The van der Waals surface area contributed by atoms with E-state index in [9.17, 15) is 9.59 Å². The summed E-state index contributed by atoms with van der Waals surface area (Å²) in [6.45, 7) is 4.22. The zero-order chi connectivity index (χ0) is 20.8. The van der Waals surface area contributed by atoms with E-state index < -0.39 is 0 Å². The Kier molecular flexibility index (Phi) is 6.59. The van der Waals surface area contributed by atoms with Gasteiger partial charge >= 0.3 is 0 Å². The topological polar surface area (TPSA) is 62.3 Å². The van der Waals surface area contributed by atoms with Crippen LogP contribution in [0.25, 0.3) is 0 Å². The van der Waals surface area contributed by atoms with E-state index in [-0.39, 0.29) is 18.4 Å². The van der Waals surface area contributed by atoms with Gasteiger partial charge in [0.25, 0.3) is 0 Å². The molecule has 0 atom stereocenters. The number of hydrogen-bond acceptors (Lipinski definition) is 5. The maximum atomic E-state index is 12.8. The molecule has 0 bridgehead atoms. The van der Waals surface area contributed by atoms with Crippen molar-refractivity contribution in [3.63, 3.8) is 0 Å². The van der Waals surface area contributed by atoms with E-state index in [2.05, 4.69) is 4.90 Å². The largest absolute Gasteiger partial charge is 0.497 e. The van der Waals surface area contributed by atoms with Gasteiger partial charge in [0.15, 0.2) is 0 Å². The molecule has 0 saturated carbocycles. The smallest absolute Gasteiger partial charge is 0.242 e. The van der Waals surface area contributed by atoms with Crippen LogP contribution in [0.1, 0.15) is 6.92 Å². The number of ether oxygens (including phenoxy) is 2. The van der Waals surface area contributed by atoms with Crippen molar-refractivity contribution in [3.8, 4) is 11.5 Å². The Hall–Kier alpha value is -3.22. The van der Waals surface area contributed by atoms with Gasteiger partial charge in [-0.2, -0.15) is 0 Å². The normalized spacial score (nSPS) is 13.8. The van der Waals surface area contributed by atoms with Gasteiger partial charge in [0, 0.05) is 50.5 Å². The molecule has 1 aliphatic rings. The summed E-state index contributed by atoms with van der Waals surface area (Å²) in [7, 11) is 3.22. The summed E-state index contributed by atoms with van der Waals surface area (Å²) < 4.78 is 10.4. The summed E-state index contributed by atoms with van der Waals surface area (Å²) >= 11 is 0. The van der Waals surface area contributed by atoms with Crippen LogP contribution in [0, 0.1) is 0 Å². The molecule has 1 heterocycles. The number of rotatable bonds is 6. The third-order valence-electron chi connectivity index (χ3n) is 5.11. The lowest BCUT2D eigenvalue weighted by atomic mass is 10.2. The number of hydrogen-bond donors (Lipinski definition) is 0. The highest BCUT2D eigenvalue weighted by Gasteiger charge is 2.24. The lowest BCUT2D eigenvalue weighted by Gasteiger charge is -2.37.